The first-order valence-electron chi connectivity index (χ1n) is 12.4. The summed E-state index contributed by atoms with van der Waals surface area (Å²) in [6.07, 6.45) is 1.60. The fourth-order valence-corrected chi connectivity index (χ4v) is 4.67. The van der Waals surface area contributed by atoms with Crippen LogP contribution >= 0.6 is 0 Å². The van der Waals surface area contributed by atoms with Crippen LogP contribution in [0.15, 0.2) is 34.7 Å². The molecule has 1 aromatic carbocycles. The van der Waals surface area contributed by atoms with Gasteiger partial charge in [0.15, 0.2) is 11.6 Å². The molecule has 0 radical (unpaired) electrons. The smallest absolute Gasteiger partial charge is 0.287 e. The van der Waals surface area contributed by atoms with Gasteiger partial charge in [-0.15, -0.1) is 10.2 Å². The number of methoxy groups -OCH3 is 1. The van der Waals surface area contributed by atoms with Crippen LogP contribution in [0.4, 0.5) is 0 Å². The number of nitrogens with zero attached hydrogens (tertiary/aromatic N) is 4. The van der Waals surface area contributed by atoms with E-state index < -0.39 is 0 Å². The lowest BCUT2D eigenvalue weighted by molar-refractivity contribution is 0.0892. The second-order valence-electron chi connectivity index (χ2n) is 9.94. The zero-order chi connectivity index (χ0) is 24.9. The van der Waals surface area contributed by atoms with E-state index in [2.05, 4.69) is 70.9 Å². The Morgan fingerprint density at radius 1 is 1.14 bits per heavy atom. The lowest BCUT2D eigenvalue weighted by Crippen LogP contribution is -2.32. The number of carbonyl (C=O) groups is 1. The number of aryl methyl sites for hydroxylation is 2. The lowest BCUT2D eigenvalue weighted by Gasteiger charge is -2.22. The number of amides is 1. The molecule has 0 saturated heterocycles. The summed E-state index contributed by atoms with van der Waals surface area (Å²) in [6, 6.07) is 9.86. The maximum atomic E-state index is 13.0. The van der Waals surface area contributed by atoms with Gasteiger partial charge in [0.25, 0.3) is 5.91 Å². The second kappa shape index (κ2) is 11.2. The van der Waals surface area contributed by atoms with Gasteiger partial charge in [0.2, 0.25) is 0 Å². The molecule has 0 aliphatic carbocycles. The van der Waals surface area contributed by atoms with E-state index in [0.717, 1.165) is 50.7 Å². The minimum atomic E-state index is -0.250. The maximum absolute atomic E-state index is 13.0. The van der Waals surface area contributed by atoms with Gasteiger partial charge in [0.1, 0.15) is 18.2 Å². The molecule has 0 spiro atoms. The normalized spacial score (nSPS) is 15.1. The summed E-state index contributed by atoms with van der Waals surface area (Å²) >= 11 is 0. The fraction of sp³-hybridized carbons (Fsp3) is 0.519. The van der Waals surface area contributed by atoms with Crippen LogP contribution in [0.3, 0.4) is 0 Å². The third-order valence-electron chi connectivity index (χ3n) is 6.54. The predicted molar refractivity (Wildman–Crippen MR) is 134 cm³/mol. The summed E-state index contributed by atoms with van der Waals surface area (Å²) in [5.74, 6) is 2.83. The van der Waals surface area contributed by atoms with Crippen LogP contribution < -0.4 is 5.32 Å². The van der Waals surface area contributed by atoms with E-state index in [1.54, 1.807) is 19.2 Å². The Kier molecular flexibility index (Phi) is 8.03. The van der Waals surface area contributed by atoms with Crippen molar-refractivity contribution in [2.24, 2.45) is 5.92 Å². The largest absolute Gasteiger partial charge is 0.453 e. The summed E-state index contributed by atoms with van der Waals surface area (Å²) in [5, 5.41) is 12.2. The average Bonchev–Trinajstić information content (AvgIpc) is 3.40. The molecule has 1 aliphatic heterocycles. The molecule has 4 rings (SSSR count). The van der Waals surface area contributed by atoms with Crippen molar-refractivity contribution in [1.29, 1.82) is 0 Å². The van der Waals surface area contributed by atoms with E-state index in [1.165, 1.54) is 16.7 Å². The van der Waals surface area contributed by atoms with Crippen molar-refractivity contribution in [2.45, 2.75) is 66.3 Å². The van der Waals surface area contributed by atoms with Crippen LogP contribution in [0.25, 0.3) is 0 Å². The number of hydrogen-bond donors (Lipinski definition) is 1. The van der Waals surface area contributed by atoms with Crippen molar-refractivity contribution in [1.82, 2.24) is 25.0 Å². The van der Waals surface area contributed by atoms with Gasteiger partial charge < -0.3 is 19.0 Å². The number of furan rings is 1. The molecule has 0 bridgehead atoms. The molecule has 3 heterocycles. The molecular weight excluding hydrogens is 442 g/mol. The molecule has 35 heavy (non-hydrogen) atoms. The molecule has 3 aromatic rings. The number of rotatable bonds is 9. The Hall–Kier alpha value is -2.97. The quantitative estimate of drug-likeness (QED) is 0.495. The van der Waals surface area contributed by atoms with Crippen molar-refractivity contribution < 1.29 is 13.9 Å². The van der Waals surface area contributed by atoms with Crippen molar-refractivity contribution in [3.8, 4) is 0 Å². The van der Waals surface area contributed by atoms with Crippen LogP contribution in [0.1, 0.15) is 71.0 Å². The first-order valence-corrected chi connectivity index (χ1v) is 12.4. The minimum Gasteiger partial charge on any atom is -0.453 e. The fourth-order valence-electron chi connectivity index (χ4n) is 4.67. The SMILES string of the molecule is COCc1ccc(C(=O)NC(CC(C)C)c2nnc3n2CCN(Cc2cc(C)ccc2C)CC3)o1. The molecular formula is C27H37N5O3. The topological polar surface area (TPSA) is 85.4 Å². The van der Waals surface area contributed by atoms with E-state index in [0.29, 0.717) is 18.3 Å². The average molecular weight is 480 g/mol. The van der Waals surface area contributed by atoms with Gasteiger partial charge in [-0.2, -0.15) is 0 Å². The first kappa shape index (κ1) is 25.1. The van der Waals surface area contributed by atoms with Crippen molar-refractivity contribution in [3.05, 3.63) is 70.2 Å². The highest BCUT2D eigenvalue weighted by Gasteiger charge is 2.27. The molecule has 1 unspecified atom stereocenters. The number of fused-ring (bicyclic) bond motifs is 1. The molecule has 1 aliphatic rings. The van der Waals surface area contributed by atoms with E-state index in [9.17, 15) is 4.79 Å². The van der Waals surface area contributed by atoms with Crippen LogP contribution in [-0.2, 0) is 30.9 Å². The van der Waals surface area contributed by atoms with Gasteiger partial charge in [0.05, 0.1) is 6.04 Å². The molecule has 1 atom stereocenters. The lowest BCUT2D eigenvalue weighted by atomic mass is 10.0. The summed E-state index contributed by atoms with van der Waals surface area (Å²) in [7, 11) is 1.60. The van der Waals surface area contributed by atoms with Crippen LogP contribution in [-0.4, -0.2) is 45.8 Å². The molecule has 0 fully saturated rings. The highest BCUT2D eigenvalue weighted by atomic mass is 16.5. The Morgan fingerprint density at radius 2 is 1.97 bits per heavy atom. The van der Waals surface area contributed by atoms with Crippen molar-refractivity contribution in [2.75, 3.05) is 20.2 Å². The number of nitrogens with one attached hydrogen (secondary N) is 1. The highest BCUT2D eigenvalue weighted by molar-refractivity contribution is 5.91. The highest BCUT2D eigenvalue weighted by Crippen LogP contribution is 2.24. The number of ether oxygens (including phenoxy) is 1. The second-order valence-corrected chi connectivity index (χ2v) is 9.94. The van der Waals surface area contributed by atoms with Crippen LogP contribution in [0.5, 0.6) is 0 Å². The molecule has 2 aromatic heterocycles. The summed E-state index contributed by atoms with van der Waals surface area (Å²) in [5.41, 5.74) is 3.99. The van der Waals surface area contributed by atoms with Gasteiger partial charge in [-0.05, 0) is 49.4 Å². The zero-order valence-electron chi connectivity index (χ0n) is 21.5. The van der Waals surface area contributed by atoms with Crippen LogP contribution in [0.2, 0.25) is 0 Å². The van der Waals surface area contributed by atoms with E-state index >= 15 is 0 Å². The molecule has 8 nitrogen and oxygen atoms in total. The van der Waals surface area contributed by atoms with Gasteiger partial charge in [0, 0.05) is 39.7 Å². The zero-order valence-corrected chi connectivity index (χ0v) is 21.5. The number of benzene rings is 1. The van der Waals surface area contributed by atoms with Crippen LogP contribution in [0, 0.1) is 19.8 Å². The predicted octanol–water partition coefficient (Wildman–Crippen LogP) is 4.21. The number of carbonyl (C=O) groups excluding carboxylic acids is 1. The minimum absolute atomic E-state index is 0.245. The standard InChI is InChI=1S/C27H37N5O3/c1-18(2)14-23(28-27(33)24-9-8-22(35-24)17-34-5)26-30-29-25-10-11-31(12-13-32(25)26)16-21-15-19(3)6-7-20(21)4/h6-9,15,18,23H,10-14,16-17H2,1-5H3,(H,28,33). The molecule has 1 N–H and O–H groups in total. The molecule has 188 valence electrons. The third-order valence-corrected chi connectivity index (χ3v) is 6.54. The Balaban J connectivity index is 1.49. The summed E-state index contributed by atoms with van der Waals surface area (Å²) in [4.78, 5) is 15.5. The number of hydrogen-bond acceptors (Lipinski definition) is 6. The summed E-state index contributed by atoms with van der Waals surface area (Å²) < 4.78 is 12.9. The summed E-state index contributed by atoms with van der Waals surface area (Å²) in [6.45, 7) is 12.5. The van der Waals surface area contributed by atoms with Crippen molar-refractivity contribution >= 4 is 5.91 Å². The Morgan fingerprint density at radius 3 is 2.74 bits per heavy atom. The van der Waals surface area contributed by atoms with Gasteiger partial charge >= 0.3 is 0 Å². The molecule has 8 heteroatoms. The van der Waals surface area contributed by atoms with E-state index in [-0.39, 0.29) is 17.7 Å². The van der Waals surface area contributed by atoms with Crippen molar-refractivity contribution in [3.63, 3.8) is 0 Å². The van der Waals surface area contributed by atoms with Gasteiger partial charge in [-0.25, -0.2) is 0 Å². The van der Waals surface area contributed by atoms with E-state index in [4.69, 9.17) is 9.15 Å². The maximum Gasteiger partial charge on any atom is 0.287 e. The van der Waals surface area contributed by atoms with Gasteiger partial charge in [-0.3, -0.25) is 9.69 Å². The Bertz CT molecular complexity index is 1150. The first-order chi connectivity index (χ1) is 16.8. The third kappa shape index (κ3) is 6.18. The van der Waals surface area contributed by atoms with E-state index in [1.807, 2.05) is 0 Å². The monoisotopic (exact) mass is 479 g/mol. The molecule has 1 amide bonds. The van der Waals surface area contributed by atoms with Gasteiger partial charge in [-0.1, -0.05) is 37.6 Å². The number of aromatic nitrogens is 3. The Labute approximate surface area is 207 Å². The molecule has 0 saturated carbocycles.